The molecule has 2 N–H and O–H groups in total. The summed E-state index contributed by atoms with van der Waals surface area (Å²) in [6.07, 6.45) is -8.83. The second-order valence-electron chi connectivity index (χ2n) is 8.68. The zero-order chi connectivity index (χ0) is 29.9. The number of unbranched alkanes of at least 4 members (excludes halogenated alkanes) is 1. The number of alkyl halides is 5. The fraction of sp³-hybridized carbons (Fsp3) is 0.462. The molecule has 0 aliphatic rings. The summed E-state index contributed by atoms with van der Waals surface area (Å²) in [7, 11) is 0. The van der Waals surface area contributed by atoms with Crippen LogP contribution in [0.4, 0.5) is 41.2 Å². The van der Waals surface area contributed by atoms with Crippen LogP contribution in [0.5, 0.6) is 5.75 Å². The number of halogens is 7. The van der Waals surface area contributed by atoms with Crippen LogP contribution in [0.2, 0.25) is 0 Å². The highest BCUT2D eigenvalue weighted by molar-refractivity contribution is 5.89. The van der Waals surface area contributed by atoms with E-state index >= 15 is 0 Å². The third-order valence-electron chi connectivity index (χ3n) is 5.66. The van der Waals surface area contributed by atoms with Crippen molar-refractivity contribution in [3.63, 3.8) is 0 Å². The normalized spacial score (nSPS) is 12.6. The molecule has 0 aromatic heterocycles. The smallest absolute Gasteiger partial charge is 0.453 e. The van der Waals surface area contributed by atoms with Crippen molar-refractivity contribution >= 4 is 17.7 Å². The Balaban J connectivity index is 1.99. The Labute approximate surface area is 225 Å². The monoisotopic (exact) mass is 582 g/mol. The summed E-state index contributed by atoms with van der Waals surface area (Å²) in [5.41, 5.74) is 0.300. The fourth-order valence-electron chi connectivity index (χ4n) is 3.52. The van der Waals surface area contributed by atoms with Gasteiger partial charge in [0.25, 0.3) is 0 Å². The molecule has 2 rings (SSSR count). The quantitative estimate of drug-likeness (QED) is 0.191. The Morgan fingerprint density at radius 1 is 1.00 bits per heavy atom. The van der Waals surface area contributed by atoms with E-state index in [0.29, 0.717) is 17.4 Å². The molecule has 1 atom stereocenters. The minimum Gasteiger partial charge on any atom is -0.492 e. The maximum atomic E-state index is 14.0. The number of carboxylic acid groups (broad SMARTS) is 1. The van der Waals surface area contributed by atoms with Crippen molar-refractivity contribution < 1.29 is 54.9 Å². The van der Waals surface area contributed by atoms with Gasteiger partial charge in [-0.15, -0.1) is 0 Å². The van der Waals surface area contributed by atoms with Gasteiger partial charge in [0.2, 0.25) is 0 Å². The van der Waals surface area contributed by atoms with Crippen LogP contribution in [0, 0.1) is 11.6 Å². The van der Waals surface area contributed by atoms with E-state index in [1.165, 1.54) is 0 Å². The number of urea groups is 1. The maximum absolute atomic E-state index is 14.0. The maximum Gasteiger partial charge on any atom is 0.453 e. The summed E-state index contributed by atoms with van der Waals surface area (Å²) < 4.78 is 101. The Kier molecular flexibility index (Phi) is 12.0. The van der Waals surface area contributed by atoms with Gasteiger partial charge < -0.3 is 24.8 Å². The number of nitrogens with zero attached hydrogens (tertiary/aromatic N) is 1. The van der Waals surface area contributed by atoms with Gasteiger partial charge in [-0.2, -0.15) is 22.0 Å². The summed E-state index contributed by atoms with van der Waals surface area (Å²) in [4.78, 5) is 25.0. The average molecular weight is 583 g/mol. The number of carbonyl (C=O) groups is 2. The molecule has 2 aromatic carbocycles. The topological polar surface area (TPSA) is 88.1 Å². The van der Waals surface area contributed by atoms with Gasteiger partial charge in [-0.05, 0) is 49.6 Å². The first kappa shape index (κ1) is 32.7. The summed E-state index contributed by atoms with van der Waals surface area (Å²) in [6, 6.07) is 7.86. The van der Waals surface area contributed by atoms with Crippen molar-refractivity contribution in [2.75, 3.05) is 31.6 Å². The lowest BCUT2D eigenvalue weighted by Gasteiger charge is -2.24. The van der Waals surface area contributed by atoms with Gasteiger partial charge in [0, 0.05) is 32.1 Å². The van der Waals surface area contributed by atoms with Crippen LogP contribution < -0.4 is 10.1 Å². The zero-order valence-corrected chi connectivity index (χ0v) is 21.4. The standard InChI is InChI=1S/C26H29F7N2O5/c1-2-39-22(23(36)37)15-17-5-8-19(9-6-17)40-14-13-35(12-4-3-11-25(29,30)26(31,32)33)24(38)34-21-10-7-18(27)16-20(21)28/h5-10,16,22H,2-4,11-15H2,1H3,(H,34,38)(H,36,37). The summed E-state index contributed by atoms with van der Waals surface area (Å²) >= 11 is 0. The summed E-state index contributed by atoms with van der Waals surface area (Å²) in [5.74, 6) is -7.58. The van der Waals surface area contributed by atoms with Gasteiger partial charge in [0.15, 0.2) is 6.10 Å². The molecule has 0 saturated heterocycles. The van der Waals surface area contributed by atoms with Crippen molar-refractivity contribution in [2.45, 2.75) is 50.8 Å². The predicted octanol–water partition coefficient (Wildman–Crippen LogP) is 6.28. The number of hydrogen-bond donors (Lipinski definition) is 2. The first-order chi connectivity index (χ1) is 18.7. The van der Waals surface area contributed by atoms with Crippen LogP contribution in [-0.2, 0) is 16.0 Å². The van der Waals surface area contributed by atoms with Gasteiger partial charge in [-0.25, -0.2) is 18.4 Å². The SMILES string of the molecule is CCOC(Cc1ccc(OCCN(CCCCC(F)(F)C(F)(F)F)C(=O)Nc2ccc(F)cc2F)cc1)C(=O)O. The van der Waals surface area contributed by atoms with Crippen molar-refractivity contribution in [2.24, 2.45) is 0 Å². The molecule has 0 radical (unpaired) electrons. The molecule has 2 amide bonds. The second kappa shape index (κ2) is 14.7. The molecule has 0 aliphatic heterocycles. The summed E-state index contributed by atoms with van der Waals surface area (Å²) in [6.45, 7) is 1.36. The van der Waals surface area contributed by atoms with E-state index in [-0.39, 0.29) is 44.8 Å². The van der Waals surface area contributed by atoms with Crippen molar-refractivity contribution in [3.05, 3.63) is 59.7 Å². The highest BCUT2D eigenvalue weighted by Gasteiger charge is 2.56. The molecule has 222 valence electrons. The van der Waals surface area contributed by atoms with E-state index in [1.54, 1.807) is 31.2 Å². The molecule has 0 bridgehead atoms. The van der Waals surface area contributed by atoms with E-state index in [2.05, 4.69) is 5.32 Å². The van der Waals surface area contributed by atoms with Crippen LogP contribution in [0.1, 0.15) is 31.7 Å². The lowest BCUT2D eigenvalue weighted by atomic mass is 10.1. The molecule has 0 fully saturated rings. The third-order valence-corrected chi connectivity index (χ3v) is 5.66. The number of nitrogens with one attached hydrogen (secondary N) is 1. The largest absolute Gasteiger partial charge is 0.492 e. The molecular formula is C26H29F7N2O5. The van der Waals surface area contributed by atoms with E-state index < -0.39 is 54.7 Å². The molecule has 0 spiro atoms. The molecule has 0 saturated carbocycles. The zero-order valence-electron chi connectivity index (χ0n) is 21.4. The number of hydrogen-bond acceptors (Lipinski definition) is 4. The van der Waals surface area contributed by atoms with E-state index in [9.17, 15) is 45.4 Å². The van der Waals surface area contributed by atoms with Gasteiger partial charge in [0.05, 0.1) is 12.2 Å². The van der Waals surface area contributed by atoms with Crippen LogP contribution in [0.25, 0.3) is 0 Å². The molecule has 1 unspecified atom stereocenters. The molecular weight excluding hydrogens is 553 g/mol. The van der Waals surface area contributed by atoms with Crippen molar-refractivity contribution in [3.8, 4) is 5.75 Å². The van der Waals surface area contributed by atoms with E-state index in [0.717, 1.165) is 17.0 Å². The van der Waals surface area contributed by atoms with Crippen molar-refractivity contribution in [1.82, 2.24) is 4.90 Å². The Hall–Kier alpha value is -3.55. The van der Waals surface area contributed by atoms with Crippen molar-refractivity contribution in [1.29, 1.82) is 0 Å². The molecule has 2 aromatic rings. The number of carbonyl (C=O) groups excluding carboxylic acids is 1. The molecule has 40 heavy (non-hydrogen) atoms. The Bertz CT molecular complexity index is 1110. The molecule has 0 heterocycles. The lowest BCUT2D eigenvalue weighted by molar-refractivity contribution is -0.284. The second-order valence-corrected chi connectivity index (χ2v) is 8.68. The van der Waals surface area contributed by atoms with Crippen LogP contribution in [0.15, 0.2) is 42.5 Å². The number of benzene rings is 2. The minimum atomic E-state index is -5.69. The Morgan fingerprint density at radius 2 is 1.68 bits per heavy atom. The number of anilines is 1. The fourth-order valence-corrected chi connectivity index (χ4v) is 3.52. The highest BCUT2D eigenvalue weighted by atomic mass is 19.4. The third kappa shape index (κ3) is 10.2. The first-order valence-electron chi connectivity index (χ1n) is 12.2. The van der Waals surface area contributed by atoms with Crippen LogP contribution in [0.3, 0.4) is 0 Å². The molecule has 14 heteroatoms. The van der Waals surface area contributed by atoms with Crippen LogP contribution in [-0.4, -0.2) is 66.5 Å². The number of carboxylic acids is 1. The number of amides is 2. The molecule has 7 nitrogen and oxygen atoms in total. The highest BCUT2D eigenvalue weighted by Crippen LogP contribution is 2.39. The van der Waals surface area contributed by atoms with E-state index in [1.807, 2.05) is 0 Å². The number of aliphatic carboxylic acids is 1. The first-order valence-corrected chi connectivity index (χ1v) is 12.2. The van der Waals surface area contributed by atoms with E-state index in [4.69, 9.17) is 9.47 Å². The lowest BCUT2D eigenvalue weighted by Crippen LogP contribution is -2.39. The average Bonchev–Trinajstić information content (AvgIpc) is 2.87. The predicted molar refractivity (Wildman–Crippen MR) is 130 cm³/mol. The van der Waals surface area contributed by atoms with Gasteiger partial charge in [-0.3, -0.25) is 0 Å². The van der Waals surface area contributed by atoms with Crippen LogP contribution >= 0.6 is 0 Å². The minimum absolute atomic E-state index is 0.116. The number of rotatable bonds is 15. The van der Waals surface area contributed by atoms with Gasteiger partial charge in [0.1, 0.15) is 24.0 Å². The molecule has 0 aliphatic carbocycles. The van der Waals surface area contributed by atoms with Gasteiger partial charge in [-0.1, -0.05) is 12.1 Å². The Morgan fingerprint density at radius 3 is 2.25 bits per heavy atom. The van der Waals surface area contributed by atoms with Gasteiger partial charge >= 0.3 is 24.1 Å². The summed E-state index contributed by atoms with van der Waals surface area (Å²) in [5, 5.41) is 11.4. The number of ether oxygens (including phenoxy) is 2.